The number of fused-ring (bicyclic) bond motifs is 1. The Bertz CT molecular complexity index is 853. The van der Waals surface area contributed by atoms with Crippen LogP contribution in [0.3, 0.4) is 0 Å². The third-order valence-electron chi connectivity index (χ3n) is 4.91. The number of nitrogens with zero attached hydrogens (tertiary/aromatic N) is 1. The molecule has 150 valence electrons. The lowest BCUT2D eigenvalue weighted by molar-refractivity contribution is -0.130. The minimum absolute atomic E-state index is 0.0262. The first-order chi connectivity index (χ1) is 13.6. The van der Waals surface area contributed by atoms with Crippen LogP contribution in [0.25, 0.3) is 0 Å². The molecule has 28 heavy (non-hydrogen) atoms. The van der Waals surface area contributed by atoms with Gasteiger partial charge in [-0.15, -0.1) is 0 Å². The number of carbonyl (C=O) groups is 1. The molecular formula is C21H26N2O5. The minimum atomic E-state index is 0.0262. The second-order valence-corrected chi connectivity index (χ2v) is 6.46. The van der Waals surface area contributed by atoms with E-state index >= 15 is 0 Å². The predicted molar refractivity (Wildman–Crippen MR) is 107 cm³/mol. The summed E-state index contributed by atoms with van der Waals surface area (Å²) in [6.07, 6.45) is 0.785. The fourth-order valence-electron chi connectivity index (χ4n) is 3.32. The first-order valence-corrected chi connectivity index (χ1v) is 9.07. The Labute approximate surface area is 165 Å². The van der Waals surface area contributed by atoms with E-state index in [0.717, 1.165) is 17.7 Å². The van der Waals surface area contributed by atoms with E-state index in [1.54, 1.807) is 34.5 Å². The lowest BCUT2D eigenvalue weighted by Crippen LogP contribution is -2.39. The molecule has 7 nitrogen and oxygen atoms in total. The maximum atomic E-state index is 12.7. The van der Waals surface area contributed by atoms with Crippen molar-refractivity contribution in [2.75, 3.05) is 46.8 Å². The predicted octanol–water partition coefficient (Wildman–Crippen LogP) is 2.72. The van der Waals surface area contributed by atoms with Crippen molar-refractivity contribution in [1.82, 2.24) is 4.90 Å². The monoisotopic (exact) mass is 386 g/mol. The van der Waals surface area contributed by atoms with Crippen LogP contribution < -0.4 is 24.3 Å². The summed E-state index contributed by atoms with van der Waals surface area (Å²) in [6.45, 7) is 1.41. The standard InChI is InChI=1S/C21H26N2O5/c1-25-16-5-6-17(18(11-16)26-2)22-12-21(24)23-8-7-14-9-19(27-3)20(28-4)10-15(14)13-23/h5-6,9-11,22H,7-8,12-13H2,1-4H3. The lowest BCUT2D eigenvalue weighted by atomic mass is 9.98. The zero-order valence-electron chi connectivity index (χ0n) is 16.7. The summed E-state index contributed by atoms with van der Waals surface area (Å²) in [5.74, 6) is 2.75. The first kappa shape index (κ1) is 19.7. The van der Waals surface area contributed by atoms with Crippen molar-refractivity contribution in [1.29, 1.82) is 0 Å². The molecule has 1 aliphatic heterocycles. The average molecular weight is 386 g/mol. The third-order valence-corrected chi connectivity index (χ3v) is 4.91. The van der Waals surface area contributed by atoms with Crippen LogP contribution in [0, 0.1) is 0 Å². The number of ether oxygens (including phenoxy) is 4. The zero-order valence-corrected chi connectivity index (χ0v) is 16.7. The smallest absolute Gasteiger partial charge is 0.242 e. The molecule has 7 heteroatoms. The molecule has 0 unspecified atom stereocenters. The van der Waals surface area contributed by atoms with Crippen LogP contribution in [-0.4, -0.2) is 52.3 Å². The molecule has 2 aromatic rings. The largest absolute Gasteiger partial charge is 0.497 e. The number of hydrogen-bond donors (Lipinski definition) is 1. The molecule has 1 aliphatic rings. The second-order valence-electron chi connectivity index (χ2n) is 6.46. The first-order valence-electron chi connectivity index (χ1n) is 9.07. The van der Waals surface area contributed by atoms with Crippen molar-refractivity contribution >= 4 is 11.6 Å². The minimum Gasteiger partial charge on any atom is -0.497 e. The molecule has 0 radical (unpaired) electrons. The van der Waals surface area contributed by atoms with Gasteiger partial charge in [-0.2, -0.15) is 0 Å². The molecular weight excluding hydrogens is 360 g/mol. The maximum absolute atomic E-state index is 12.7. The highest BCUT2D eigenvalue weighted by Crippen LogP contribution is 2.33. The summed E-state index contributed by atoms with van der Waals surface area (Å²) in [7, 11) is 6.43. The van der Waals surface area contributed by atoms with Crippen molar-refractivity contribution in [3.05, 3.63) is 41.5 Å². The fraction of sp³-hybridized carbons (Fsp3) is 0.381. The molecule has 0 aliphatic carbocycles. The Hall–Kier alpha value is -3.09. The SMILES string of the molecule is COc1ccc(NCC(=O)N2CCc3cc(OC)c(OC)cc3C2)c(OC)c1. The van der Waals surface area contributed by atoms with Crippen LogP contribution >= 0.6 is 0 Å². The van der Waals surface area contributed by atoms with Gasteiger partial charge in [-0.1, -0.05) is 0 Å². The zero-order chi connectivity index (χ0) is 20.1. The van der Waals surface area contributed by atoms with Crippen molar-refractivity contribution in [3.63, 3.8) is 0 Å². The van der Waals surface area contributed by atoms with Gasteiger partial charge in [0.05, 0.1) is 40.7 Å². The van der Waals surface area contributed by atoms with Gasteiger partial charge in [0, 0.05) is 19.2 Å². The Balaban J connectivity index is 1.67. The number of rotatable bonds is 7. The Morgan fingerprint density at radius 2 is 1.61 bits per heavy atom. The van der Waals surface area contributed by atoms with E-state index in [2.05, 4.69) is 5.32 Å². The van der Waals surface area contributed by atoms with E-state index in [0.29, 0.717) is 36.1 Å². The van der Waals surface area contributed by atoms with Gasteiger partial charge in [-0.25, -0.2) is 0 Å². The number of carbonyl (C=O) groups excluding carboxylic acids is 1. The van der Waals surface area contributed by atoms with Gasteiger partial charge in [-0.05, 0) is 41.8 Å². The highest BCUT2D eigenvalue weighted by atomic mass is 16.5. The van der Waals surface area contributed by atoms with Gasteiger partial charge in [0.25, 0.3) is 0 Å². The van der Waals surface area contributed by atoms with E-state index in [1.807, 2.05) is 29.2 Å². The van der Waals surface area contributed by atoms with Crippen LogP contribution in [0.1, 0.15) is 11.1 Å². The Kier molecular flexibility index (Phi) is 6.13. The highest BCUT2D eigenvalue weighted by molar-refractivity contribution is 5.82. The molecule has 0 atom stereocenters. The molecule has 0 bridgehead atoms. The van der Waals surface area contributed by atoms with Gasteiger partial charge in [0.2, 0.25) is 5.91 Å². The average Bonchev–Trinajstić information content (AvgIpc) is 2.75. The number of anilines is 1. The number of methoxy groups -OCH3 is 4. The van der Waals surface area contributed by atoms with Crippen molar-refractivity contribution in [2.24, 2.45) is 0 Å². The maximum Gasteiger partial charge on any atom is 0.242 e. The molecule has 0 fully saturated rings. The normalized spacial score (nSPS) is 12.8. The molecule has 0 saturated carbocycles. The van der Waals surface area contributed by atoms with Crippen molar-refractivity contribution < 1.29 is 23.7 Å². The number of amides is 1. The summed E-state index contributed by atoms with van der Waals surface area (Å²) in [5, 5.41) is 3.16. The quantitative estimate of drug-likeness (QED) is 0.789. The van der Waals surface area contributed by atoms with E-state index in [-0.39, 0.29) is 12.5 Å². The molecule has 3 rings (SSSR count). The highest BCUT2D eigenvalue weighted by Gasteiger charge is 2.23. The fourth-order valence-corrected chi connectivity index (χ4v) is 3.32. The van der Waals surface area contributed by atoms with Crippen LogP contribution in [0.4, 0.5) is 5.69 Å². The molecule has 0 aromatic heterocycles. The third kappa shape index (κ3) is 4.08. The number of benzene rings is 2. The summed E-state index contributed by atoms with van der Waals surface area (Å²) in [5.41, 5.74) is 3.02. The topological polar surface area (TPSA) is 69.3 Å². The molecule has 2 aromatic carbocycles. The van der Waals surface area contributed by atoms with Gasteiger partial charge in [0.1, 0.15) is 11.5 Å². The lowest BCUT2D eigenvalue weighted by Gasteiger charge is -2.30. The van der Waals surface area contributed by atoms with Crippen LogP contribution in [-0.2, 0) is 17.8 Å². The second kappa shape index (κ2) is 8.73. The van der Waals surface area contributed by atoms with Gasteiger partial charge in [-0.3, -0.25) is 4.79 Å². The van der Waals surface area contributed by atoms with Gasteiger partial charge >= 0.3 is 0 Å². The molecule has 1 N–H and O–H groups in total. The summed E-state index contributed by atoms with van der Waals surface area (Å²) in [6, 6.07) is 9.40. The molecule has 1 amide bonds. The van der Waals surface area contributed by atoms with Crippen molar-refractivity contribution in [2.45, 2.75) is 13.0 Å². The summed E-state index contributed by atoms with van der Waals surface area (Å²) < 4.78 is 21.3. The molecule has 0 saturated heterocycles. The Morgan fingerprint density at radius 1 is 0.929 bits per heavy atom. The van der Waals surface area contributed by atoms with E-state index in [1.165, 1.54) is 5.56 Å². The van der Waals surface area contributed by atoms with Crippen LogP contribution in [0.2, 0.25) is 0 Å². The number of hydrogen-bond acceptors (Lipinski definition) is 6. The van der Waals surface area contributed by atoms with E-state index in [4.69, 9.17) is 18.9 Å². The van der Waals surface area contributed by atoms with E-state index in [9.17, 15) is 4.79 Å². The van der Waals surface area contributed by atoms with Crippen molar-refractivity contribution in [3.8, 4) is 23.0 Å². The van der Waals surface area contributed by atoms with Crippen LogP contribution in [0.15, 0.2) is 30.3 Å². The molecule has 1 heterocycles. The summed E-state index contributed by atoms with van der Waals surface area (Å²) >= 11 is 0. The number of nitrogens with one attached hydrogen (secondary N) is 1. The van der Waals surface area contributed by atoms with E-state index < -0.39 is 0 Å². The van der Waals surface area contributed by atoms with Crippen LogP contribution in [0.5, 0.6) is 23.0 Å². The molecule has 0 spiro atoms. The van der Waals surface area contributed by atoms with Gasteiger partial charge in [0.15, 0.2) is 11.5 Å². The van der Waals surface area contributed by atoms with Gasteiger partial charge < -0.3 is 29.2 Å². The Morgan fingerprint density at radius 3 is 2.25 bits per heavy atom. The summed E-state index contributed by atoms with van der Waals surface area (Å²) in [4.78, 5) is 14.6.